The summed E-state index contributed by atoms with van der Waals surface area (Å²) in [6.07, 6.45) is 3.56. The van der Waals surface area contributed by atoms with Gasteiger partial charge in [-0.3, -0.25) is 4.79 Å². The minimum absolute atomic E-state index is 0.0775. The molecule has 0 radical (unpaired) electrons. The highest BCUT2D eigenvalue weighted by Crippen LogP contribution is 2.12. The number of rotatable bonds is 7. The van der Waals surface area contributed by atoms with Gasteiger partial charge in [0.2, 0.25) is 5.95 Å². The molecule has 3 rings (SSSR count). The Balaban J connectivity index is 1.60. The Morgan fingerprint density at radius 2 is 1.68 bits per heavy atom. The number of aliphatic imine (C=N–C) groups is 1. The summed E-state index contributed by atoms with van der Waals surface area (Å²) in [6, 6.07) is 9.62. The van der Waals surface area contributed by atoms with Crippen LogP contribution in [-0.2, 0) is 6.54 Å². The van der Waals surface area contributed by atoms with Gasteiger partial charge in [-0.05, 0) is 44.5 Å². The zero-order chi connectivity index (χ0) is 22.1. The Morgan fingerprint density at radius 1 is 1.03 bits per heavy atom. The van der Waals surface area contributed by atoms with Crippen molar-refractivity contribution in [2.75, 3.05) is 50.7 Å². The van der Waals surface area contributed by atoms with Crippen molar-refractivity contribution in [3.8, 4) is 0 Å². The summed E-state index contributed by atoms with van der Waals surface area (Å²) in [6.45, 7) is 12.3. The Kier molecular flexibility index (Phi) is 8.20. The van der Waals surface area contributed by atoms with Crippen molar-refractivity contribution in [1.82, 2.24) is 25.1 Å². The molecule has 0 spiro atoms. The van der Waals surface area contributed by atoms with Crippen LogP contribution in [0.4, 0.5) is 5.95 Å². The number of guanidine groups is 1. The molecule has 0 aliphatic carbocycles. The summed E-state index contributed by atoms with van der Waals surface area (Å²) in [7, 11) is 0. The van der Waals surface area contributed by atoms with Crippen LogP contribution in [0.25, 0.3) is 0 Å². The van der Waals surface area contributed by atoms with Gasteiger partial charge in [-0.1, -0.05) is 12.1 Å². The smallest absolute Gasteiger partial charge is 0.253 e. The van der Waals surface area contributed by atoms with E-state index in [-0.39, 0.29) is 5.91 Å². The highest BCUT2D eigenvalue weighted by Gasteiger charge is 2.21. The minimum Gasteiger partial charge on any atom is -0.357 e. The first-order valence-electron chi connectivity index (χ1n) is 11.1. The summed E-state index contributed by atoms with van der Waals surface area (Å²) in [4.78, 5) is 32.3. The molecule has 1 aliphatic heterocycles. The lowest BCUT2D eigenvalue weighted by atomic mass is 10.1. The molecular formula is C23H33N7O. The standard InChI is InChI=1S/C23H33N7O/c1-4-24-22(29-14-16-30(17-15-29)23-25-12-7-13-26-23)27-18-19-8-10-20(11-9-19)21(31)28(5-2)6-3/h7-13H,4-6,14-18H2,1-3H3,(H,24,27). The van der Waals surface area contributed by atoms with Crippen molar-refractivity contribution < 1.29 is 4.79 Å². The molecule has 8 nitrogen and oxygen atoms in total. The average molecular weight is 424 g/mol. The van der Waals surface area contributed by atoms with Gasteiger partial charge in [-0.25, -0.2) is 15.0 Å². The van der Waals surface area contributed by atoms with Gasteiger partial charge in [0.05, 0.1) is 6.54 Å². The van der Waals surface area contributed by atoms with Crippen LogP contribution in [0.1, 0.15) is 36.7 Å². The van der Waals surface area contributed by atoms with Gasteiger partial charge in [-0.15, -0.1) is 0 Å². The van der Waals surface area contributed by atoms with Crippen molar-refractivity contribution in [3.05, 3.63) is 53.9 Å². The molecule has 0 bridgehead atoms. The van der Waals surface area contributed by atoms with Crippen molar-refractivity contribution in [3.63, 3.8) is 0 Å². The lowest BCUT2D eigenvalue weighted by molar-refractivity contribution is 0.0773. The van der Waals surface area contributed by atoms with E-state index in [9.17, 15) is 4.79 Å². The molecule has 0 saturated carbocycles. The molecule has 2 aromatic rings. The highest BCUT2D eigenvalue weighted by atomic mass is 16.2. The monoisotopic (exact) mass is 423 g/mol. The predicted octanol–water partition coefficient (Wildman–Crippen LogP) is 2.25. The fourth-order valence-corrected chi connectivity index (χ4v) is 3.61. The van der Waals surface area contributed by atoms with E-state index in [0.717, 1.165) is 68.8 Å². The van der Waals surface area contributed by atoms with E-state index >= 15 is 0 Å². The third-order valence-corrected chi connectivity index (χ3v) is 5.41. The van der Waals surface area contributed by atoms with Gasteiger partial charge in [0.1, 0.15) is 0 Å². The summed E-state index contributed by atoms with van der Waals surface area (Å²) in [5, 5.41) is 3.40. The van der Waals surface area contributed by atoms with Crippen LogP contribution in [0.5, 0.6) is 0 Å². The molecule has 1 saturated heterocycles. The summed E-state index contributed by atoms with van der Waals surface area (Å²) < 4.78 is 0. The zero-order valence-corrected chi connectivity index (χ0v) is 18.8. The average Bonchev–Trinajstić information content (AvgIpc) is 2.83. The lowest BCUT2D eigenvalue weighted by Crippen LogP contribution is -2.52. The second kappa shape index (κ2) is 11.3. The molecule has 1 N–H and O–H groups in total. The van der Waals surface area contributed by atoms with Gasteiger partial charge in [0.25, 0.3) is 5.91 Å². The van der Waals surface area contributed by atoms with E-state index in [4.69, 9.17) is 4.99 Å². The number of amides is 1. The van der Waals surface area contributed by atoms with Crippen molar-refractivity contribution in [2.45, 2.75) is 27.3 Å². The first kappa shape index (κ1) is 22.5. The van der Waals surface area contributed by atoms with Gasteiger partial charge in [0, 0.05) is 63.8 Å². The van der Waals surface area contributed by atoms with Crippen LogP contribution in [0, 0.1) is 0 Å². The second-order valence-corrected chi connectivity index (χ2v) is 7.37. The van der Waals surface area contributed by atoms with Crippen LogP contribution in [0.3, 0.4) is 0 Å². The van der Waals surface area contributed by atoms with Crippen molar-refractivity contribution >= 4 is 17.8 Å². The number of anilines is 1. The SMILES string of the molecule is CCNC(=NCc1ccc(C(=O)N(CC)CC)cc1)N1CCN(c2ncccn2)CC1. The number of piperazine rings is 1. The number of nitrogens with one attached hydrogen (secondary N) is 1. The third kappa shape index (κ3) is 5.93. The third-order valence-electron chi connectivity index (χ3n) is 5.41. The molecule has 31 heavy (non-hydrogen) atoms. The largest absolute Gasteiger partial charge is 0.357 e. The van der Waals surface area contributed by atoms with E-state index in [0.29, 0.717) is 6.54 Å². The topological polar surface area (TPSA) is 77.0 Å². The van der Waals surface area contributed by atoms with Gasteiger partial charge >= 0.3 is 0 Å². The number of hydrogen-bond donors (Lipinski definition) is 1. The Hall–Kier alpha value is -3.16. The number of aromatic nitrogens is 2. The van der Waals surface area contributed by atoms with E-state index in [1.165, 1.54) is 0 Å². The van der Waals surface area contributed by atoms with E-state index in [1.54, 1.807) is 12.4 Å². The number of carbonyl (C=O) groups excluding carboxylic acids is 1. The van der Waals surface area contributed by atoms with Crippen LogP contribution >= 0.6 is 0 Å². The maximum Gasteiger partial charge on any atom is 0.253 e. The Bertz CT molecular complexity index is 842. The molecule has 8 heteroatoms. The quantitative estimate of drug-likeness (QED) is 0.544. The molecule has 1 aromatic heterocycles. The summed E-state index contributed by atoms with van der Waals surface area (Å²) in [5.41, 5.74) is 1.81. The van der Waals surface area contributed by atoms with Gasteiger partial charge < -0.3 is 20.0 Å². The molecule has 1 aromatic carbocycles. The molecule has 1 amide bonds. The van der Waals surface area contributed by atoms with E-state index in [1.807, 2.05) is 49.1 Å². The number of hydrogen-bond acceptors (Lipinski definition) is 5. The molecular weight excluding hydrogens is 390 g/mol. The maximum atomic E-state index is 12.5. The summed E-state index contributed by atoms with van der Waals surface area (Å²) >= 11 is 0. The normalized spacial score (nSPS) is 14.5. The molecule has 1 fully saturated rings. The van der Waals surface area contributed by atoms with Gasteiger partial charge in [-0.2, -0.15) is 0 Å². The molecule has 0 atom stereocenters. The fourth-order valence-electron chi connectivity index (χ4n) is 3.61. The first-order chi connectivity index (χ1) is 15.2. The second-order valence-electron chi connectivity index (χ2n) is 7.37. The Morgan fingerprint density at radius 3 is 2.26 bits per heavy atom. The van der Waals surface area contributed by atoms with Crippen LogP contribution in [-0.4, -0.2) is 77.4 Å². The Labute approximate surface area is 185 Å². The van der Waals surface area contributed by atoms with Crippen molar-refractivity contribution in [1.29, 1.82) is 0 Å². The minimum atomic E-state index is 0.0775. The van der Waals surface area contributed by atoms with E-state index < -0.39 is 0 Å². The fraction of sp³-hybridized carbons (Fsp3) is 0.478. The zero-order valence-electron chi connectivity index (χ0n) is 18.8. The van der Waals surface area contributed by atoms with Crippen LogP contribution in [0.15, 0.2) is 47.7 Å². The number of carbonyl (C=O) groups is 1. The van der Waals surface area contributed by atoms with Gasteiger partial charge in [0.15, 0.2) is 5.96 Å². The lowest BCUT2D eigenvalue weighted by Gasteiger charge is -2.36. The number of benzene rings is 1. The van der Waals surface area contributed by atoms with Crippen LogP contribution in [0.2, 0.25) is 0 Å². The molecule has 1 aliphatic rings. The summed E-state index contributed by atoms with van der Waals surface area (Å²) in [5.74, 6) is 1.77. The molecule has 2 heterocycles. The molecule has 0 unspecified atom stereocenters. The maximum absolute atomic E-state index is 12.5. The first-order valence-corrected chi connectivity index (χ1v) is 11.1. The van der Waals surface area contributed by atoms with Crippen LogP contribution < -0.4 is 10.2 Å². The predicted molar refractivity (Wildman–Crippen MR) is 124 cm³/mol. The number of nitrogens with zero attached hydrogens (tertiary/aromatic N) is 6. The molecule has 166 valence electrons. The van der Waals surface area contributed by atoms with Crippen molar-refractivity contribution in [2.24, 2.45) is 4.99 Å². The van der Waals surface area contributed by atoms with E-state index in [2.05, 4.69) is 32.0 Å². The highest BCUT2D eigenvalue weighted by molar-refractivity contribution is 5.94.